The van der Waals surface area contributed by atoms with Gasteiger partial charge in [-0.3, -0.25) is 0 Å². The molecule has 7 heteroatoms. The third kappa shape index (κ3) is 7.00. The summed E-state index contributed by atoms with van der Waals surface area (Å²) in [5.74, 6) is 0. The molecule has 1 aliphatic heterocycles. The van der Waals surface area contributed by atoms with E-state index in [1.54, 1.807) is 0 Å². The highest BCUT2D eigenvalue weighted by molar-refractivity contribution is 5.56. The molecule has 1 saturated heterocycles. The van der Waals surface area contributed by atoms with Crippen LogP contribution in [0.2, 0.25) is 0 Å². The Morgan fingerprint density at radius 1 is 1.00 bits per heavy atom. The fraction of sp³-hybridized carbons (Fsp3) is 0.909. The highest BCUT2D eigenvalue weighted by Gasteiger charge is 2.29. The van der Waals surface area contributed by atoms with Crippen molar-refractivity contribution in [2.45, 2.75) is 43.7 Å². The largest absolute Gasteiger partial charge is 0.394 e. The van der Waals surface area contributed by atoms with Gasteiger partial charge in [-0.15, -0.1) is 0 Å². The quantitative estimate of drug-likeness (QED) is 0.300. The van der Waals surface area contributed by atoms with Gasteiger partial charge in [0.2, 0.25) is 0 Å². The minimum absolute atomic E-state index is 0.0258. The number of nitrogens with one attached hydrogen (secondary N) is 1. The highest BCUT2D eigenvalue weighted by atomic mass is 16.4. The van der Waals surface area contributed by atoms with Crippen LogP contribution in [-0.2, 0) is 4.79 Å². The van der Waals surface area contributed by atoms with Crippen LogP contribution in [0.4, 0.5) is 0 Å². The van der Waals surface area contributed by atoms with Crippen molar-refractivity contribution in [1.29, 1.82) is 0 Å². The van der Waals surface area contributed by atoms with Crippen molar-refractivity contribution in [3.63, 3.8) is 0 Å². The molecule has 6 N–H and O–H groups in total. The Bertz CT molecular complexity index is 200. The van der Waals surface area contributed by atoms with E-state index in [9.17, 15) is 4.79 Å². The van der Waals surface area contributed by atoms with Crippen LogP contribution in [0.3, 0.4) is 0 Å². The number of carbonyl (C=O) groups excluding carboxylic acids is 1. The van der Waals surface area contributed by atoms with Gasteiger partial charge in [0.1, 0.15) is 24.4 Å². The first-order valence-electron chi connectivity index (χ1n) is 6.03. The molecule has 4 atom stereocenters. The van der Waals surface area contributed by atoms with E-state index in [0.29, 0.717) is 0 Å². The fourth-order valence-corrected chi connectivity index (χ4v) is 1.42. The van der Waals surface area contributed by atoms with Crippen molar-refractivity contribution < 1.29 is 30.3 Å². The Balaban J connectivity index is 0.000000397. The topological polar surface area (TPSA) is 130 Å². The van der Waals surface area contributed by atoms with Crippen LogP contribution < -0.4 is 5.32 Å². The van der Waals surface area contributed by atoms with E-state index in [0.717, 1.165) is 0 Å². The van der Waals surface area contributed by atoms with Crippen molar-refractivity contribution in [2.75, 3.05) is 19.7 Å². The number of aliphatic hydroxyl groups excluding tert-OH is 5. The van der Waals surface area contributed by atoms with E-state index in [-0.39, 0.29) is 6.29 Å². The highest BCUT2D eigenvalue weighted by Crippen LogP contribution is 2.02. The zero-order valence-electron chi connectivity index (χ0n) is 10.3. The summed E-state index contributed by atoms with van der Waals surface area (Å²) in [6.45, 7) is 1.74. The Labute approximate surface area is 106 Å². The second-order valence-corrected chi connectivity index (χ2v) is 4.17. The Morgan fingerprint density at radius 2 is 1.56 bits per heavy atom. The molecule has 1 fully saturated rings. The molecule has 108 valence electrons. The fourth-order valence-electron chi connectivity index (χ4n) is 1.42. The van der Waals surface area contributed by atoms with Gasteiger partial charge in [-0.1, -0.05) is 6.42 Å². The Kier molecular flexibility index (Phi) is 10.0. The summed E-state index contributed by atoms with van der Waals surface area (Å²) >= 11 is 0. The first-order valence-corrected chi connectivity index (χ1v) is 6.03. The summed E-state index contributed by atoms with van der Waals surface area (Å²) < 4.78 is 0. The Morgan fingerprint density at radius 3 is 1.83 bits per heavy atom. The molecule has 0 unspecified atom stereocenters. The molecule has 18 heavy (non-hydrogen) atoms. The standard InChI is InChI=1S/C6H12O6.C5H11N/c7-1-3(9)5(11)6(12)4(10)2-8;1-2-4-6-5-3-1/h1,3-6,8-12H,2H2;6H,1-5H2/t3-,4+,5+,6+;/m0./s1. The van der Waals surface area contributed by atoms with Crippen LogP contribution in [-0.4, -0.2) is 75.9 Å². The second kappa shape index (κ2) is 10.4. The zero-order chi connectivity index (χ0) is 14.0. The van der Waals surface area contributed by atoms with E-state index in [1.807, 2.05) is 0 Å². The van der Waals surface area contributed by atoms with E-state index in [1.165, 1.54) is 32.4 Å². The SMILES string of the molecule is C1CCNCC1.O=C[C@H](O)[C@@H](O)[C@H](O)[C@H](O)CO. The van der Waals surface area contributed by atoms with Crippen molar-refractivity contribution in [3.05, 3.63) is 0 Å². The van der Waals surface area contributed by atoms with Crippen LogP contribution in [0.5, 0.6) is 0 Å². The molecule has 1 rings (SSSR count). The van der Waals surface area contributed by atoms with Crippen LogP contribution in [0.15, 0.2) is 0 Å². The third-order valence-corrected chi connectivity index (χ3v) is 2.63. The molecular formula is C11H23NO6. The van der Waals surface area contributed by atoms with Gasteiger partial charge >= 0.3 is 0 Å². The minimum atomic E-state index is -1.79. The monoisotopic (exact) mass is 265 g/mol. The summed E-state index contributed by atoms with van der Waals surface area (Å²) in [6, 6.07) is 0. The number of hydrogen-bond donors (Lipinski definition) is 6. The van der Waals surface area contributed by atoms with E-state index in [4.69, 9.17) is 25.5 Å². The normalized spacial score (nSPS) is 22.1. The number of aliphatic hydroxyl groups is 5. The molecule has 0 aromatic heterocycles. The van der Waals surface area contributed by atoms with Crippen molar-refractivity contribution in [3.8, 4) is 0 Å². The van der Waals surface area contributed by atoms with Gasteiger partial charge in [0.25, 0.3) is 0 Å². The smallest absolute Gasteiger partial charge is 0.151 e. The molecule has 0 amide bonds. The molecule has 7 nitrogen and oxygen atoms in total. The lowest BCUT2D eigenvalue weighted by atomic mass is 10.0. The predicted octanol–water partition coefficient (Wildman–Crippen LogP) is -2.62. The number of hydrogen-bond acceptors (Lipinski definition) is 7. The number of rotatable bonds is 5. The van der Waals surface area contributed by atoms with Gasteiger partial charge in [-0.25, -0.2) is 0 Å². The van der Waals surface area contributed by atoms with Gasteiger partial charge in [-0.2, -0.15) is 0 Å². The van der Waals surface area contributed by atoms with Crippen molar-refractivity contribution in [2.24, 2.45) is 0 Å². The second-order valence-electron chi connectivity index (χ2n) is 4.17. The molecule has 0 aromatic carbocycles. The molecule has 0 aromatic rings. The average Bonchev–Trinajstić information content (AvgIpc) is 2.46. The number of piperidine rings is 1. The molecule has 1 heterocycles. The molecule has 0 saturated carbocycles. The van der Waals surface area contributed by atoms with Gasteiger partial charge in [0.15, 0.2) is 6.29 Å². The lowest BCUT2D eigenvalue weighted by molar-refractivity contribution is -0.136. The number of aldehydes is 1. The first kappa shape index (κ1) is 17.4. The van der Waals surface area contributed by atoms with Crippen molar-refractivity contribution >= 4 is 6.29 Å². The summed E-state index contributed by atoms with van der Waals surface area (Å²) in [5, 5.41) is 46.8. The summed E-state index contributed by atoms with van der Waals surface area (Å²) in [5.41, 5.74) is 0. The van der Waals surface area contributed by atoms with Crippen LogP contribution in [0, 0.1) is 0 Å². The molecule has 1 aliphatic rings. The molecule has 0 radical (unpaired) electrons. The van der Waals surface area contributed by atoms with Gasteiger partial charge in [-0.05, 0) is 25.9 Å². The molecule has 0 bridgehead atoms. The summed E-state index contributed by atoms with van der Waals surface area (Å²) in [6.07, 6.45) is -2.62. The molecule has 0 spiro atoms. The molecular weight excluding hydrogens is 242 g/mol. The van der Waals surface area contributed by atoms with Crippen molar-refractivity contribution in [1.82, 2.24) is 5.32 Å². The first-order chi connectivity index (χ1) is 8.54. The minimum Gasteiger partial charge on any atom is -0.394 e. The van der Waals surface area contributed by atoms with E-state index >= 15 is 0 Å². The van der Waals surface area contributed by atoms with Gasteiger partial charge < -0.3 is 35.6 Å². The summed E-state index contributed by atoms with van der Waals surface area (Å²) in [7, 11) is 0. The van der Waals surface area contributed by atoms with Gasteiger partial charge in [0, 0.05) is 0 Å². The van der Waals surface area contributed by atoms with Gasteiger partial charge in [0.05, 0.1) is 6.61 Å². The Hall–Kier alpha value is -0.570. The predicted molar refractivity (Wildman–Crippen MR) is 63.9 cm³/mol. The van der Waals surface area contributed by atoms with Crippen LogP contribution in [0.25, 0.3) is 0 Å². The lowest BCUT2D eigenvalue weighted by Crippen LogP contribution is -2.46. The van der Waals surface area contributed by atoms with E-state index < -0.39 is 31.0 Å². The molecule has 0 aliphatic carbocycles. The lowest BCUT2D eigenvalue weighted by Gasteiger charge is -2.22. The third-order valence-electron chi connectivity index (χ3n) is 2.63. The average molecular weight is 265 g/mol. The number of carbonyl (C=O) groups is 1. The zero-order valence-corrected chi connectivity index (χ0v) is 10.3. The van der Waals surface area contributed by atoms with Crippen LogP contribution >= 0.6 is 0 Å². The van der Waals surface area contributed by atoms with E-state index in [2.05, 4.69) is 5.32 Å². The summed E-state index contributed by atoms with van der Waals surface area (Å²) in [4.78, 5) is 9.90. The maximum absolute atomic E-state index is 9.90. The maximum Gasteiger partial charge on any atom is 0.151 e. The van der Waals surface area contributed by atoms with Crippen LogP contribution in [0.1, 0.15) is 19.3 Å². The maximum atomic E-state index is 9.90.